The van der Waals surface area contributed by atoms with Crippen LogP contribution in [-0.2, 0) is 9.59 Å². The van der Waals surface area contributed by atoms with Crippen LogP contribution in [0.3, 0.4) is 0 Å². The number of rotatable bonds is 6. The maximum absolute atomic E-state index is 13.6. The SMILES string of the molecule is O=C(N[C@H](C(=O)N1CCC[C@H]1C(=O)NC1CCCC1)C1CCCCC1)c1ccco1. The second kappa shape index (κ2) is 9.67. The van der Waals surface area contributed by atoms with Crippen molar-refractivity contribution in [3.63, 3.8) is 0 Å². The highest BCUT2D eigenvalue weighted by Gasteiger charge is 2.41. The normalized spacial score (nSPS) is 24.0. The molecule has 3 aliphatic rings. The van der Waals surface area contributed by atoms with Gasteiger partial charge >= 0.3 is 0 Å². The van der Waals surface area contributed by atoms with Gasteiger partial charge in [0.1, 0.15) is 12.1 Å². The van der Waals surface area contributed by atoms with Gasteiger partial charge in [-0.3, -0.25) is 14.4 Å². The van der Waals surface area contributed by atoms with Crippen molar-refractivity contribution in [1.29, 1.82) is 0 Å². The van der Waals surface area contributed by atoms with Crippen LogP contribution < -0.4 is 10.6 Å². The summed E-state index contributed by atoms with van der Waals surface area (Å²) in [4.78, 5) is 40.9. The minimum absolute atomic E-state index is 0.0347. The Balaban J connectivity index is 1.47. The summed E-state index contributed by atoms with van der Waals surface area (Å²) in [6.45, 7) is 0.571. The Morgan fingerprint density at radius 3 is 2.40 bits per heavy atom. The van der Waals surface area contributed by atoms with Crippen LogP contribution in [0.5, 0.6) is 0 Å². The Morgan fingerprint density at radius 1 is 0.967 bits per heavy atom. The first-order valence-electron chi connectivity index (χ1n) is 11.6. The van der Waals surface area contributed by atoms with Crippen molar-refractivity contribution in [3.8, 4) is 0 Å². The standard InChI is InChI=1S/C23H33N3O4/c27-21(24-17-10-4-5-11-17)18-12-6-14-26(18)23(29)20(16-8-2-1-3-9-16)25-22(28)19-13-7-15-30-19/h7,13,15-18,20H,1-6,8-12,14H2,(H,24,27)(H,25,28)/t18-,20-/m0/s1. The molecule has 2 atom stereocenters. The molecule has 1 saturated heterocycles. The molecule has 3 amide bonds. The summed E-state index contributed by atoms with van der Waals surface area (Å²) in [7, 11) is 0. The van der Waals surface area contributed by atoms with E-state index in [-0.39, 0.29) is 35.4 Å². The molecular formula is C23H33N3O4. The van der Waals surface area contributed by atoms with Crippen molar-refractivity contribution >= 4 is 17.7 Å². The molecule has 1 aliphatic heterocycles. The zero-order valence-electron chi connectivity index (χ0n) is 17.6. The summed E-state index contributed by atoms with van der Waals surface area (Å²) in [5.41, 5.74) is 0. The Morgan fingerprint density at radius 2 is 1.70 bits per heavy atom. The Bertz CT molecular complexity index is 736. The summed E-state index contributed by atoms with van der Waals surface area (Å²) < 4.78 is 5.22. The molecule has 7 nitrogen and oxygen atoms in total. The quantitative estimate of drug-likeness (QED) is 0.747. The third-order valence-electron chi connectivity index (χ3n) is 6.96. The molecule has 2 aliphatic carbocycles. The van der Waals surface area contributed by atoms with Gasteiger partial charge < -0.3 is 20.0 Å². The minimum atomic E-state index is -0.609. The summed E-state index contributed by atoms with van der Waals surface area (Å²) in [5, 5.41) is 6.09. The third-order valence-corrected chi connectivity index (χ3v) is 6.96. The van der Waals surface area contributed by atoms with Crippen LogP contribution in [-0.4, -0.2) is 47.3 Å². The number of amides is 3. The molecule has 4 rings (SSSR count). The molecule has 2 heterocycles. The van der Waals surface area contributed by atoms with E-state index in [2.05, 4.69) is 10.6 Å². The lowest BCUT2D eigenvalue weighted by atomic mass is 9.83. The minimum Gasteiger partial charge on any atom is -0.459 e. The molecule has 3 fully saturated rings. The summed E-state index contributed by atoms with van der Waals surface area (Å²) in [5.74, 6) is -0.210. The molecule has 0 spiro atoms. The lowest BCUT2D eigenvalue weighted by Crippen LogP contribution is -2.56. The van der Waals surface area contributed by atoms with Crippen molar-refractivity contribution in [1.82, 2.24) is 15.5 Å². The second-order valence-electron chi connectivity index (χ2n) is 9.01. The number of likely N-dealkylation sites (tertiary alicyclic amines) is 1. The predicted molar refractivity (Wildman–Crippen MR) is 112 cm³/mol. The van der Waals surface area contributed by atoms with E-state index in [1.807, 2.05) is 0 Å². The van der Waals surface area contributed by atoms with Crippen LogP contribution in [0.25, 0.3) is 0 Å². The molecule has 0 bridgehead atoms. The van der Waals surface area contributed by atoms with Crippen molar-refractivity contribution in [2.75, 3.05) is 6.54 Å². The largest absolute Gasteiger partial charge is 0.459 e. The lowest BCUT2D eigenvalue weighted by Gasteiger charge is -2.34. The van der Waals surface area contributed by atoms with E-state index < -0.39 is 12.1 Å². The van der Waals surface area contributed by atoms with E-state index in [4.69, 9.17) is 4.42 Å². The number of hydrogen-bond acceptors (Lipinski definition) is 4. The topological polar surface area (TPSA) is 91.7 Å². The van der Waals surface area contributed by atoms with Crippen molar-refractivity contribution < 1.29 is 18.8 Å². The Labute approximate surface area is 177 Å². The summed E-state index contributed by atoms with van der Waals surface area (Å²) in [6.07, 6.45) is 12.5. The highest BCUT2D eigenvalue weighted by atomic mass is 16.3. The molecule has 2 N–H and O–H groups in total. The fraction of sp³-hybridized carbons (Fsp3) is 0.696. The highest BCUT2D eigenvalue weighted by Crippen LogP contribution is 2.30. The summed E-state index contributed by atoms with van der Waals surface area (Å²) >= 11 is 0. The zero-order chi connectivity index (χ0) is 20.9. The van der Waals surface area contributed by atoms with Crippen LogP contribution in [0, 0.1) is 5.92 Å². The smallest absolute Gasteiger partial charge is 0.287 e. The van der Waals surface area contributed by atoms with Gasteiger partial charge in [0, 0.05) is 12.6 Å². The molecular weight excluding hydrogens is 382 g/mol. The molecule has 0 aromatic carbocycles. The number of nitrogens with one attached hydrogen (secondary N) is 2. The van der Waals surface area contributed by atoms with Gasteiger partial charge in [0.25, 0.3) is 5.91 Å². The lowest BCUT2D eigenvalue weighted by molar-refractivity contribution is -0.141. The van der Waals surface area contributed by atoms with Gasteiger partial charge in [-0.15, -0.1) is 0 Å². The van der Waals surface area contributed by atoms with E-state index >= 15 is 0 Å². The van der Waals surface area contributed by atoms with Gasteiger partial charge in [-0.05, 0) is 56.6 Å². The number of hydrogen-bond donors (Lipinski definition) is 2. The van der Waals surface area contributed by atoms with E-state index in [1.165, 1.54) is 12.7 Å². The van der Waals surface area contributed by atoms with Crippen molar-refractivity contribution in [2.45, 2.75) is 88.8 Å². The first-order valence-corrected chi connectivity index (χ1v) is 11.6. The van der Waals surface area contributed by atoms with Gasteiger partial charge in [-0.2, -0.15) is 0 Å². The fourth-order valence-corrected chi connectivity index (χ4v) is 5.32. The average molecular weight is 416 g/mol. The molecule has 30 heavy (non-hydrogen) atoms. The summed E-state index contributed by atoms with van der Waals surface area (Å²) in [6, 6.07) is 2.47. The molecule has 7 heteroatoms. The van der Waals surface area contributed by atoms with E-state index in [0.29, 0.717) is 13.0 Å². The van der Waals surface area contributed by atoms with Gasteiger partial charge in [0.05, 0.1) is 6.26 Å². The van der Waals surface area contributed by atoms with E-state index in [0.717, 1.165) is 57.8 Å². The monoisotopic (exact) mass is 415 g/mol. The maximum atomic E-state index is 13.6. The number of carbonyl (C=O) groups is 3. The molecule has 1 aromatic rings. The van der Waals surface area contributed by atoms with Gasteiger partial charge in [-0.25, -0.2) is 0 Å². The van der Waals surface area contributed by atoms with Gasteiger partial charge in [-0.1, -0.05) is 32.1 Å². The van der Waals surface area contributed by atoms with Crippen molar-refractivity contribution in [3.05, 3.63) is 24.2 Å². The van der Waals surface area contributed by atoms with E-state index in [9.17, 15) is 14.4 Å². The average Bonchev–Trinajstić information content (AvgIpc) is 3.54. The second-order valence-corrected chi connectivity index (χ2v) is 9.01. The van der Waals surface area contributed by atoms with Crippen LogP contribution >= 0.6 is 0 Å². The Hall–Kier alpha value is -2.31. The zero-order valence-corrected chi connectivity index (χ0v) is 17.6. The molecule has 2 saturated carbocycles. The Kier molecular flexibility index (Phi) is 6.75. The van der Waals surface area contributed by atoms with Crippen LogP contribution in [0.2, 0.25) is 0 Å². The third kappa shape index (κ3) is 4.71. The molecule has 0 radical (unpaired) electrons. The fourth-order valence-electron chi connectivity index (χ4n) is 5.32. The number of furan rings is 1. The first-order chi connectivity index (χ1) is 14.6. The maximum Gasteiger partial charge on any atom is 0.287 e. The molecule has 164 valence electrons. The van der Waals surface area contributed by atoms with Crippen LogP contribution in [0.4, 0.5) is 0 Å². The first kappa shape index (κ1) is 20.9. The van der Waals surface area contributed by atoms with E-state index in [1.54, 1.807) is 17.0 Å². The van der Waals surface area contributed by atoms with Crippen molar-refractivity contribution in [2.24, 2.45) is 5.92 Å². The van der Waals surface area contributed by atoms with Crippen LogP contribution in [0.15, 0.2) is 22.8 Å². The van der Waals surface area contributed by atoms with Crippen LogP contribution in [0.1, 0.15) is 81.2 Å². The molecule has 1 aromatic heterocycles. The van der Waals surface area contributed by atoms with Gasteiger partial charge in [0.2, 0.25) is 11.8 Å². The number of carbonyl (C=O) groups excluding carboxylic acids is 3. The molecule has 0 unspecified atom stereocenters. The van der Waals surface area contributed by atoms with Gasteiger partial charge in [0.15, 0.2) is 5.76 Å². The predicted octanol–water partition coefficient (Wildman–Crippen LogP) is 3.01. The number of nitrogens with zero attached hydrogens (tertiary/aromatic N) is 1. The highest BCUT2D eigenvalue weighted by molar-refractivity contribution is 5.97.